The van der Waals surface area contributed by atoms with Crippen LogP contribution in [0, 0.1) is 13.8 Å². The van der Waals surface area contributed by atoms with Gasteiger partial charge < -0.3 is 5.32 Å². The number of amides is 1. The van der Waals surface area contributed by atoms with Crippen molar-refractivity contribution >= 4 is 27.5 Å². The second-order valence-corrected chi connectivity index (χ2v) is 4.99. The largest absolute Gasteiger partial charge is 0.320 e. The average molecular weight is 305 g/mol. The quantitative estimate of drug-likeness (QED) is 0.919. The zero-order chi connectivity index (χ0) is 13.1. The number of pyridine rings is 1. The molecule has 92 valence electrons. The molecule has 0 saturated carbocycles. The summed E-state index contributed by atoms with van der Waals surface area (Å²) in [6, 6.07) is 11.1. The second-order valence-electron chi connectivity index (χ2n) is 4.08. The van der Waals surface area contributed by atoms with Gasteiger partial charge in [-0.2, -0.15) is 0 Å². The van der Waals surface area contributed by atoms with Crippen LogP contribution in [0.5, 0.6) is 0 Å². The molecule has 1 heterocycles. The van der Waals surface area contributed by atoms with Gasteiger partial charge in [0.25, 0.3) is 5.91 Å². The molecular formula is C14H13BrN2O. The number of aryl methyl sites for hydroxylation is 2. The summed E-state index contributed by atoms with van der Waals surface area (Å²) in [7, 11) is 0. The molecule has 0 spiro atoms. The Balaban J connectivity index is 2.21. The lowest BCUT2D eigenvalue weighted by Crippen LogP contribution is -2.14. The van der Waals surface area contributed by atoms with Crippen LogP contribution in [-0.4, -0.2) is 10.9 Å². The minimum absolute atomic E-state index is 0.191. The minimum Gasteiger partial charge on any atom is -0.320 e. The Morgan fingerprint density at radius 2 is 2.00 bits per heavy atom. The molecule has 0 aliphatic carbocycles. The molecule has 1 amide bonds. The van der Waals surface area contributed by atoms with Gasteiger partial charge in [-0.05, 0) is 49.7 Å². The lowest BCUT2D eigenvalue weighted by atomic mass is 10.2. The number of rotatable bonds is 2. The average Bonchev–Trinajstić information content (AvgIpc) is 2.32. The molecule has 0 fully saturated rings. The molecule has 2 rings (SSSR count). The zero-order valence-electron chi connectivity index (χ0n) is 10.2. The SMILES string of the molecule is Cc1cccc(C(=O)Nc2ccc(Br)cc2C)n1. The summed E-state index contributed by atoms with van der Waals surface area (Å²) in [6.45, 7) is 3.81. The van der Waals surface area contributed by atoms with E-state index >= 15 is 0 Å². The van der Waals surface area contributed by atoms with E-state index in [9.17, 15) is 4.79 Å². The van der Waals surface area contributed by atoms with Crippen LogP contribution in [0.1, 0.15) is 21.7 Å². The molecule has 3 nitrogen and oxygen atoms in total. The van der Waals surface area contributed by atoms with Crippen molar-refractivity contribution in [2.45, 2.75) is 13.8 Å². The molecule has 0 aliphatic heterocycles. The first-order valence-electron chi connectivity index (χ1n) is 5.57. The molecule has 0 unspecified atom stereocenters. The van der Waals surface area contributed by atoms with E-state index in [0.717, 1.165) is 21.4 Å². The van der Waals surface area contributed by atoms with Crippen molar-refractivity contribution < 1.29 is 4.79 Å². The fraction of sp³-hybridized carbons (Fsp3) is 0.143. The fourth-order valence-electron chi connectivity index (χ4n) is 1.62. The summed E-state index contributed by atoms with van der Waals surface area (Å²) in [5.41, 5.74) is 3.06. The number of nitrogens with zero attached hydrogens (tertiary/aromatic N) is 1. The standard InChI is InChI=1S/C14H13BrN2O/c1-9-8-11(15)6-7-12(9)17-14(18)13-5-3-4-10(2)16-13/h3-8H,1-2H3,(H,17,18). The molecule has 1 aromatic carbocycles. The second kappa shape index (κ2) is 5.31. The van der Waals surface area contributed by atoms with Gasteiger partial charge >= 0.3 is 0 Å². The number of hydrogen-bond donors (Lipinski definition) is 1. The molecule has 1 N–H and O–H groups in total. The first-order chi connectivity index (χ1) is 8.56. The summed E-state index contributed by atoms with van der Waals surface area (Å²) < 4.78 is 0.992. The van der Waals surface area contributed by atoms with Gasteiger partial charge in [-0.3, -0.25) is 4.79 Å². The van der Waals surface area contributed by atoms with Crippen LogP contribution in [0.3, 0.4) is 0 Å². The normalized spacial score (nSPS) is 10.2. The van der Waals surface area contributed by atoms with E-state index in [1.54, 1.807) is 6.07 Å². The highest BCUT2D eigenvalue weighted by Crippen LogP contribution is 2.20. The van der Waals surface area contributed by atoms with Crippen molar-refractivity contribution in [3.05, 3.63) is 57.8 Å². The molecule has 4 heteroatoms. The van der Waals surface area contributed by atoms with E-state index in [1.165, 1.54) is 0 Å². The highest BCUT2D eigenvalue weighted by atomic mass is 79.9. The van der Waals surface area contributed by atoms with Crippen LogP contribution in [-0.2, 0) is 0 Å². The molecule has 18 heavy (non-hydrogen) atoms. The lowest BCUT2D eigenvalue weighted by molar-refractivity contribution is 0.102. The van der Waals surface area contributed by atoms with E-state index in [0.29, 0.717) is 5.69 Å². The van der Waals surface area contributed by atoms with E-state index in [4.69, 9.17) is 0 Å². The highest BCUT2D eigenvalue weighted by Gasteiger charge is 2.09. The van der Waals surface area contributed by atoms with Crippen LogP contribution in [0.2, 0.25) is 0 Å². The van der Waals surface area contributed by atoms with Crippen molar-refractivity contribution in [3.63, 3.8) is 0 Å². The van der Waals surface area contributed by atoms with Gasteiger partial charge in [0.1, 0.15) is 5.69 Å². The van der Waals surface area contributed by atoms with E-state index in [1.807, 2.05) is 44.2 Å². The van der Waals surface area contributed by atoms with E-state index in [2.05, 4.69) is 26.2 Å². The molecule has 2 aromatic rings. The van der Waals surface area contributed by atoms with Crippen LogP contribution in [0.4, 0.5) is 5.69 Å². The van der Waals surface area contributed by atoms with Gasteiger partial charge in [0, 0.05) is 15.9 Å². The molecule has 0 radical (unpaired) electrons. The van der Waals surface area contributed by atoms with E-state index in [-0.39, 0.29) is 5.91 Å². The van der Waals surface area contributed by atoms with Gasteiger partial charge in [-0.1, -0.05) is 22.0 Å². The van der Waals surface area contributed by atoms with Crippen molar-refractivity contribution in [2.24, 2.45) is 0 Å². The number of carbonyl (C=O) groups is 1. The molecule has 1 aromatic heterocycles. The maximum atomic E-state index is 12.0. The van der Waals surface area contributed by atoms with Gasteiger partial charge in [-0.15, -0.1) is 0 Å². The highest BCUT2D eigenvalue weighted by molar-refractivity contribution is 9.10. The number of nitrogens with one attached hydrogen (secondary N) is 1. The topological polar surface area (TPSA) is 42.0 Å². The number of aromatic nitrogens is 1. The summed E-state index contributed by atoms with van der Waals surface area (Å²) in [6.07, 6.45) is 0. The smallest absolute Gasteiger partial charge is 0.274 e. The summed E-state index contributed by atoms with van der Waals surface area (Å²) in [4.78, 5) is 16.2. The lowest BCUT2D eigenvalue weighted by Gasteiger charge is -2.08. The van der Waals surface area contributed by atoms with Crippen LogP contribution in [0.15, 0.2) is 40.9 Å². The summed E-state index contributed by atoms with van der Waals surface area (Å²) in [5, 5.41) is 2.86. The molecular weight excluding hydrogens is 292 g/mol. The zero-order valence-corrected chi connectivity index (χ0v) is 11.8. The van der Waals surface area contributed by atoms with Gasteiger partial charge in [0.2, 0.25) is 0 Å². The van der Waals surface area contributed by atoms with Crippen LogP contribution < -0.4 is 5.32 Å². The summed E-state index contributed by atoms with van der Waals surface area (Å²) in [5.74, 6) is -0.191. The first kappa shape index (κ1) is 12.8. The number of carbonyl (C=O) groups excluding carboxylic acids is 1. The third-order valence-corrected chi connectivity index (χ3v) is 3.05. The Hall–Kier alpha value is -1.68. The van der Waals surface area contributed by atoms with Crippen molar-refractivity contribution in [3.8, 4) is 0 Å². The molecule has 0 atom stereocenters. The van der Waals surface area contributed by atoms with E-state index < -0.39 is 0 Å². The predicted octanol–water partition coefficient (Wildman–Crippen LogP) is 3.71. The molecule has 0 saturated heterocycles. The minimum atomic E-state index is -0.191. The number of anilines is 1. The van der Waals surface area contributed by atoms with Crippen molar-refractivity contribution in [2.75, 3.05) is 5.32 Å². The molecule has 0 bridgehead atoms. The fourth-order valence-corrected chi connectivity index (χ4v) is 2.10. The number of hydrogen-bond acceptors (Lipinski definition) is 2. The van der Waals surface area contributed by atoms with Gasteiger partial charge in [0.05, 0.1) is 0 Å². The Bertz CT molecular complexity index is 596. The third-order valence-electron chi connectivity index (χ3n) is 2.56. The Kier molecular flexibility index (Phi) is 3.77. The van der Waals surface area contributed by atoms with Gasteiger partial charge in [0.15, 0.2) is 0 Å². The maximum absolute atomic E-state index is 12.0. The first-order valence-corrected chi connectivity index (χ1v) is 6.37. The number of benzene rings is 1. The Morgan fingerprint density at radius 1 is 1.22 bits per heavy atom. The number of halogens is 1. The summed E-state index contributed by atoms with van der Waals surface area (Å²) >= 11 is 3.39. The van der Waals surface area contributed by atoms with Gasteiger partial charge in [-0.25, -0.2) is 4.98 Å². The van der Waals surface area contributed by atoms with Crippen molar-refractivity contribution in [1.29, 1.82) is 0 Å². The van der Waals surface area contributed by atoms with Crippen LogP contribution >= 0.6 is 15.9 Å². The Morgan fingerprint density at radius 3 is 2.67 bits per heavy atom. The molecule has 0 aliphatic rings. The Labute approximate surface area is 114 Å². The maximum Gasteiger partial charge on any atom is 0.274 e. The van der Waals surface area contributed by atoms with Crippen LogP contribution in [0.25, 0.3) is 0 Å². The predicted molar refractivity (Wildman–Crippen MR) is 75.8 cm³/mol. The monoisotopic (exact) mass is 304 g/mol. The third kappa shape index (κ3) is 2.96. The van der Waals surface area contributed by atoms with Crippen molar-refractivity contribution in [1.82, 2.24) is 4.98 Å².